The molecule has 4 nitrogen and oxygen atoms in total. The number of Topliss-reactive ketones (excluding diaryl/α,β-unsaturated/α-hetero) is 1. The molecule has 88 valence electrons. The number of pyridine rings is 1. The molecule has 0 unspecified atom stereocenters. The minimum atomic E-state index is 0.0562. The van der Waals surface area contributed by atoms with Gasteiger partial charge in [0.25, 0.3) is 0 Å². The van der Waals surface area contributed by atoms with Gasteiger partial charge in [0, 0.05) is 18.7 Å². The first-order chi connectivity index (χ1) is 7.61. The molecule has 0 aliphatic heterocycles. The van der Waals surface area contributed by atoms with Crippen molar-refractivity contribution in [2.24, 2.45) is 0 Å². The Balaban J connectivity index is 2.43. The maximum absolute atomic E-state index is 11.5. The average molecular weight is 223 g/mol. The third-order valence-corrected chi connectivity index (χ3v) is 1.99. The number of methoxy groups -OCH3 is 1. The van der Waals surface area contributed by atoms with Crippen LogP contribution in [0.2, 0.25) is 0 Å². The van der Waals surface area contributed by atoms with Crippen LogP contribution in [0, 0.1) is 0 Å². The van der Waals surface area contributed by atoms with E-state index in [1.165, 1.54) is 0 Å². The molecule has 0 radical (unpaired) electrons. The number of rotatable bonds is 6. The zero-order valence-electron chi connectivity index (χ0n) is 9.90. The van der Waals surface area contributed by atoms with Crippen LogP contribution in [0.15, 0.2) is 18.3 Å². The third-order valence-electron chi connectivity index (χ3n) is 1.99. The Morgan fingerprint density at radius 2 is 2.19 bits per heavy atom. The van der Waals surface area contributed by atoms with Gasteiger partial charge in [-0.1, -0.05) is 6.07 Å². The molecule has 0 saturated carbocycles. The predicted molar refractivity (Wildman–Crippen MR) is 60.6 cm³/mol. The number of carbonyl (C=O) groups is 1. The van der Waals surface area contributed by atoms with E-state index in [9.17, 15) is 4.79 Å². The molecule has 4 heteroatoms. The number of ether oxygens (including phenoxy) is 2. The highest BCUT2D eigenvalue weighted by Gasteiger charge is 2.05. The Hall–Kier alpha value is -1.42. The Bertz CT molecular complexity index is 333. The van der Waals surface area contributed by atoms with Crippen LogP contribution in [0.25, 0.3) is 0 Å². The van der Waals surface area contributed by atoms with Crippen molar-refractivity contribution in [2.75, 3.05) is 13.7 Å². The fourth-order valence-corrected chi connectivity index (χ4v) is 1.17. The second-order valence-electron chi connectivity index (χ2n) is 3.78. The zero-order valence-corrected chi connectivity index (χ0v) is 9.90. The lowest BCUT2D eigenvalue weighted by Crippen LogP contribution is -2.15. The number of ketones is 1. The highest BCUT2D eigenvalue weighted by molar-refractivity contribution is 5.81. The van der Waals surface area contributed by atoms with E-state index in [-0.39, 0.29) is 18.5 Å². The topological polar surface area (TPSA) is 48.4 Å². The van der Waals surface area contributed by atoms with Crippen LogP contribution in [0.3, 0.4) is 0 Å². The second-order valence-corrected chi connectivity index (χ2v) is 3.78. The molecule has 0 N–H and O–H groups in total. The van der Waals surface area contributed by atoms with Gasteiger partial charge in [-0.2, -0.15) is 0 Å². The molecule has 1 rings (SSSR count). The van der Waals surface area contributed by atoms with E-state index < -0.39 is 0 Å². The van der Waals surface area contributed by atoms with Gasteiger partial charge in [-0.15, -0.1) is 0 Å². The maximum Gasteiger partial charge on any atom is 0.212 e. The fraction of sp³-hybridized carbons (Fsp3) is 0.500. The SMILES string of the molecule is COc1ccc(CC(=O)COC(C)C)cn1. The van der Waals surface area contributed by atoms with Crippen LogP contribution >= 0.6 is 0 Å². The number of hydrogen-bond acceptors (Lipinski definition) is 4. The Kier molecular flexibility index (Phi) is 4.92. The normalized spacial score (nSPS) is 10.5. The van der Waals surface area contributed by atoms with Crippen molar-refractivity contribution in [2.45, 2.75) is 26.4 Å². The first-order valence-corrected chi connectivity index (χ1v) is 5.24. The van der Waals surface area contributed by atoms with Crippen molar-refractivity contribution in [3.05, 3.63) is 23.9 Å². The van der Waals surface area contributed by atoms with Crippen LogP contribution in [-0.4, -0.2) is 30.6 Å². The molecule has 1 heterocycles. The summed E-state index contributed by atoms with van der Waals surface area (Å²) in [4.78, 5) is 15.5. The molecule has 0 fully saturated rings. The highest BCUT2D eigenvalue weighted by Crippen LogP contribution is 2.07. The van der Waals surface area contributed by atoms with E-state index >= 15 is 0 Å². The quantitative estimate of drug-likeness (QED) is 0.735. The smallest absolute Gasteiger partial charge is 0.212 e. The summed E-state index contributed by atoms with van der Waals surface area (Å²) in [5.41, 5.74) is 0.873. The number of nitrogens with zero attached hydrogens (tertiary/aromatic N) is 1. The van der Waals surface area contributed by atoms with Crippen LogP contribution in [0.5, 0.6) is 5.88 Å². The van der Waals surface area contributed by atoms with Gasteiger partial charge >= 0.3 is 0 Å². The van der Waals surface area contributed by atoms with Crippen LogP contribution in [-0.2, 0) is 16.0 Å². The first kappa shape index (κ1) is 12.6. The zero-order chi connectivity index (χ0) is 12.0. The summed E-state index contributed by atoms with van der Waals surface area (Å²) in [6.45, 7) is 3.97. The van der Waals surface area contributed by atoms with Crippen molar-refractivity contribution in [3.63, 3.8) is 0 Å². The summed E-state index contributed by atoms with van der Waals surface area (Å²) in [5, 5.41) is 0. The lowest BCUT2D eigenvalue weighted by molar-refractivity contribution is -0.124. The molecule has 1 aromatic heterocycles. The standard InChI is InChI=1S/C12H17NO3/c1-9(2)16-8-11(14)6-10-4-5-12(15-3)13-7-10/h4-5,7,9H,6,8H2,1-3H3. The molecule has 0 amide bonds. The third kappa shape index (κ3) is 4.40. The van der Waals surface area contributed by atoms with Crippen molar-refractivity contribution in [1.29, 1.82) is 0 Å². The largest absolute Gasteiger partial charge is 0.481 e. The Labute approximate surface area is 95.6 Å². The summed E-state index contributed by atoms with van der Waals surface area (Å²) in [6.07, 6.45) is 2.08. The molecular formula is C12H17NO3. The Morgan fingerprint density at radius 3 is 2.69 bits per heavy atom. The average Bonchev–Trinajstić information content (AvgIpc) is 2.27. The van der Waals surface area contributed by atoms with E-state index in [1.54, 1.807) is 19.4 Å². The molecule has 1 aromatic rings. The maximum atomic E-state index is 11.5. The van der Waals surface area contributed by atoms with Crippen molar-refractivity contribution in [3.8, 4) is 5.88 Å². The predicted octanol–water partition coefficient (Wildman–Crippen LogP) is 1.63. The van der Waals surface area contributed by atoms with Gasteiger partial charge in [0.15, 0.2) is 5.78 Å². The van der Waals surface area contributed by atoms with E-state index in [2.05, 4.69) is 4.98 Å². The number of aromatic nitrogens is 1. The Morgan fingerprint density at radius 1 is 1.44 bits per heavy atom. The molecule has 0 aromatic carbocycles. The molecule has 0 aliphatic carbocycles. The number of hydrogen-bond donors (Lipinski definition) is 0. The van der Waals surface area contributed by atoms with Gasteiger partial charge in [0.1, 0.15) is 6.61 Å². The minimum absolute atomic E-state index is 0.0562. The van der Waals surface area contributed by atoms with E-state index in [4.69, 9.17) is 9.47 Å². The fourth-order valence-electron chi connectivity index (χ4n) is 1.17. The van der Waals surface area contributed by atoms with E-state index in [1.807, 2.05) is 19.9 Å². The molecule has 0 spiro atoms. The van der Waals surface area contributed by atoms with Crippen molar-refractivity contribution >= 4 is 5.78 Å². The van der Waals surface area contributed by atoms with Gasteiger partial charge in [0.2, 0.25) is 5.88 Å². The summed E-state index contributed by atoms with van der Waals surface area (Å²) in [5.74, 6) is 0.607. The summed E-state index contributed by atoms with van der Waals surface area (Å²) in [6, 6.07) is 3.57. The number of carbonyl (C=O) groups excluding carboxylic acids is 1. The van der Waals surface area contributed by atoms with Crippen LogP contribution in [0.1, 0.15) is 19.4 Å². The molecule has 0 aliphatic rings. The van der Waals surface area contributed by atoms with Crippen LogP contribution < -0.4 is 4.74 Å². The first-order valence-electron chi connectivity index (χ1n) is 5.24. The lowest BCUT2D eigenvalue weighted by Gasteiger charge is -2.06. The van der Waals surface area contributed by atoms with Gasteiger partial charge in [-0.05, 0) is 19.4 Å². The van der Waals surface area contributed by atoms with E-state index in [0.29, 0.717) is 12.3 Å². The van der Waals surface area contributed by atoms with Gasteiger partial charge in [0.05, 0.1) is 13.2 Å². The van der Waals surface area contributed by atoms with Crippen molar-refractivity contribution in [1.82, 2.24) is 4.98 Å². The van der Waals surface area contributed by atoms with Gasteiger partial charge < -0.3 is 9.47 Å². The molecule has 0 bridgehead atoms. The minimum Gasteiger partial charge on any atom is -0.481 e. The second kappa shape index (κ2) is 6.23. The molecule has 0 atom stereocenters. The molecular weight excluding hydrogens is 206 g/mol. The summed E-state index contributed by atoms with van der Waals surface area (Å²) >= 11 is 0. The lowest BCUT2D eigenvalue weighted by atomic mass is 10.1. The highest BCUT2D eigenvalue weighted by atomic mass is 16.5. The molecule has 0 saturated heterocycles. The summed E-state index contributed by atoms with van der Waals surface area (Å²) in [7, 11) is 1.56. The summed E-state index contributed by atoms with van der Waals surface area (Å²) < 4.78 is 10.2. The van der Waals surface area contributed by atoms with Gasteiger partial charge in [-0.25, -0.2) is 4.98 Å². The van der Waals surface area contributed by atoms with Gasteiger partial charge in [-0.3, -0.25) is 4.79 Å². The van der Waals surface area contributed by atoms with Crippen LogP contribution in [0.4, 0.5) is 0 Å². The van der Waals surface area contributed by atoms with Crippen molar-refractivity contribution < 1.29 is 14.3 Å². The monoisotopic (exact) mass is 223 g/mol. The molecule has 16 heavy (non-hydrogen) atoms. The van der Waals surface area contributed by atoms with E-state index in [0.717, 1.165) is 5.56 Å².